The SMILES string of the molecule is Cc1cncc(C23CCCC(CC2)C3)n1. The summed E-state index contributed by atoms with van der Waals surface area (Å²) in [6, 6.07) is 0. The maximum atomic E-state index is 4.70. The van der Waals surface area contributed by atoms with E-state index < -0.39 is 0 Å². The summed E-state index contributed by atoms with van der Waals surface area (Å²) in [5.41, 5.74) is 2.74. The molecule has 2 unspecified atom stereocenters. The second kappa shape index (κ2) is 3.29. The number of hydrogen-bond donors (Lipinski definition) is 0. The lowest BCUT2D eigenvalue weighted by Gasteiger charge is -2.32. The van der Waals surface area contributed by atoms with Gasteiger partial charge in [0.1, 0.15) is 0 Å². The van der Waals surface area contributed by atoms with E-state index in [1.165, 1.54) is 44.2 Å². The van der Waals surface area contributed by atoms with Crippen LogP contribution in [0.15, 0.2) is 12.4 Å². The van der Waals surface area contributed by atoms with Gasteiger partial charge in [-0.3, -0.25) is 9.97 Å². The van der Waals surface area contributed by atoms with E-state index in [0.29, 0.717) is 5.41 Å². The van der Waals surface area contributed by atoms with Gasteiger partial charge in [0.2, 0.25) is 0 Å². The molecule has 80 valence electrons. The number of rotatable bonds is 1. The average Bonchev–Trinajstić information content (AvgIpc) is 2.56. The fourth-order valence-electron chi connectivity index (χ4n) is 3.52. The topological polar surface area (TPSA) is 25.8 Å². The van der Waals surface area contributed by atoms with Crippen LogP contribution in [-0.4, -0.2) is 9.97 Å². The molecule has 0 aliphatic heterocycles. The highest BCUT2D eigenvalue weighted by Crippen LogP contribution is 2.52. The maximum Gasteiger partial charge on any atom is 0.0651 e. The van der Waals surface area contributed by atoms with Crippen molar-refractivity contribution < 1.29 is 0 Å². The quantitative estimate of drug-likeness (QED) is 0.699. The Labute approximate surface area is 91.1 Å². The molecule has 3 rings (SSSR count). The van der Waals surface area contributed by atoms with Gasteiger partial charge >= 0.3 is 0 Å². The Morgan fingerprint density at radius 1 is 1.27 bits per heavy atom. The van der Waals surface area contributed by atoms with Crippen molar-refractivity contribution in [2.24, 2.45) is 5.92 Å². The van der Waals surface area contributed by atoms with Crippen molar-refractivity contribution in [3.8, 4) is 0 Å². The Bertz CT molecular complexity index is 371. The van der Waals surface area contributed by atoms with Crippen molar-refractivity contribution in [2.45, 2.75) is 50.9 Å². The van der Waals surface area contributed by atoms with Crippen molar-refractivity contribution in [3.05, 3.63) is 23.8 Å². The Morgan fingerprint density at radius 3 is 3.07 bits per heavy atom. The number of hydrogen-bond acceptors (Lipinski definition) is 2. The minimum absolute atomic E-state index is 0.405. The van der Waals surface area contributed by atoms with Gasteiger partial charge in [-0.2, -0.15) is 0 Å². The van der Waals surface area contributed by atoms with Crippen LogP contribution in [-0.2, 0) is 5.41 Å². The molecule has 2 fully saturated rings. The van der Waals surface area contributed by atoms with Gasteiger partial charge in [-0.05, 0) is 38.5 Å². The lowest BCUT2D eigenvalue weighted by Crippen LogP contribution is -2.27. The maximum absolute atomic E-state index is 4.70. The Hall–Kier alpha value is -0.920. The molecular weight excluding hydrogens is 184 g/mol. The van der Waals surface area contributed by atoms with Crippen LogP contribution < -0.4 is 0 Å². The van der Waals surface area contributed by atoms with Gasteiger partial charge in [-0.15, -0.1) is 0 Å². The van der Waals surface area contributed by atoms with Gasteiger partial charge in [-0.1, -0.05) is 12.8 Å². The molecular formula is C13H18N2. The van der Waals surface area contributed by atoms with Crippen LogP contribution in [0.3, 0.4) is 0 Å². The largest absolute Gasteiger partial charge is 0.261 e. The molecule has 0 N–H and O–H groups in total. The minimum atomic E-state index is 0.405. The van der Waals surface area contributed by atoms with Gasteiger partial charge in [0.25, 0.3) is 0 Å². The molecule has 2 heteroatoms. The molecule has 1 heterocycles. The van der Waals surface area contributed by atoms with Crippen LogP contribution in [0.5, 0.6) is 0 Å². The molecule has 2 nitrogen and oxygen atoms in total. The molecule has 1 aromatic rings. The molecule has 0 amide bonds. The zero-order valence-electron chi connectivity index (χ0n) is 9.37. The van der Waals surface area contributed by atoms with E-state index in [1.807, 2.05) is 19.3 Å². The van der Waals surface area contributed by atoms with Gasteiger partial charge in [-0.25, -0.2) is 0 Å². The molecule has 2 bridgehead atoms. The third-order valence-corrected chi connectivity index (χ3v) is 4.28. The first-order valence-electron chi connectivity index (χ1n) is 6.08. The van der Waals surface area contributed by atoms with Crippen LogP contribution in [0.4, 0.5) is 0 Å². The number of fused-ring (bicyclic) bond motifs is 2. The molecule has 2 aliphatic carbocycles. The van der Waals surface area contributed by atoms with Crippen LogP contribution in [0, 0.1) is 12.8 Å². The van der Waals surface area contributed by atoms with E-state index in [9.17, 15) is 0 Å². The lowest BCUT2D eigenvalue weighted by atomic mass is 9.73. The van der Waals surface area contributed by atoms with Crippen LogP contribution in [0.25, 0.3) is 0 Å². The van der Waals surface area contributed by atoms with Crippen molar-refractivity contribution in [2.75, 3.05) is 0 Å². The second-order valence-corrected chi connectivity index (χ2v) is 5.33. The highest BCUT2D eigenvalue weighted by molar-refractivity contribution is 5.19. The predicted molar refractivity (Wildman–Crippen MR) is 59.6 cm³/mol. The van der Waals surface area contributed by atoms with Gasteiger partial charge in [0, 0.05) is 17.8 Å². The summed E-state index contributed by atoms with van der Waals surface area (Å²) in [7, 11) is 0. The summed E-state index contributed by atoms with van der Waals surface area (Å²) in [6.45, 7) is 2.04. The molecule has 2 aliphatic rings. The van der Waals surface area contributed by atoms with Gasteiger partial charge in [0.15, 0.2) is 0 Å². The van der Waals surface area contributed by atoms with E-state index in [0.717, 1.165) is 11.6 Å². The average molecular weight is 202 g/mol. The fraction of sp³-hybridized carbons (Fsp3) is 0.692. The van der Waals surface area contributed by atoms with Crippen molar-refractivity contribution in [1.82, 2.24) is 9.97 Å². The molecule has 0 saturated heterocycles. The smallest absolute Gasteiger partial charge is 0.0651 e. The normalized spacial score (nSPS) is 34.3. The summed E-state index contributed by atoms with van der Waals surface area (Å²) in [4.78, 5) is 9.01. The van der Waals surface area contributed by atoms with Crippen LogP contribution in [0.2, 0.25) is 0 Å². The molecule has 1 aromatic heterocycles. The minimum Gasteiger partial charge on any atom is -0.261 e. The number of nitrogens with zero attached hydrogens (tertiary/aromatic N) is 2. The standard InChI is InChI=1S/C13H18N2/c1-10-8-14-9-12(15-10)13-5-2-3-11(7-13)4-6-13/h8-9,11H,2-7H2,1H3. The zero-order valence-corrected chi connectivity index (χ0v) is 9.37. The monoisotopic (exact) mass is 202 g/mol. The van der Waals surface area contributed by atoms with Crippen LogP contribution in [0.1, 0.15) is 49.9 Å². The summed E-state index contributed by atoms with van der Waals surface area (Å²) in [5, 5.41) is 0. The Morgan fingerprint density at radius 2 is 2.20 bits per heavy atom. The molecule has 0 aromatic carbocycles. The van der Waals surface area contributed by atoms with Gasteiger partial charge < -0.3 is 0 Å². The van der Waals surface area contributed by atoms with E-state index in [2.05, 4.69) is 4.98 Å². The second-order valence-electron chi connectivity index (χ2n) is 5.33. The zero-order chi connectivity index (χ0) is 10.3. The predicted octanol–water partition coefficient (Wildman–Crippen LogP) is 3.01. The van der Waals surface area contributed by atoms with E-state index in [1.54, 1.807) is 0 Å². The first kappa shape index (κ1) is 9.32. The Kier molecular flexibility index (Phi) is 2.04. The van der Waals surface area contributed by atoms with Gasteiger partial charge in [0.05, 0.1) is 11.4 Å². The van der Waals surface area contributed by atoms with Crippen LogP contribution >= 0.6 is 0 Å². The molecule has 2 atom stereocenters. The number of aromatic nitrogens is 2. The summed E-state index contributed by atoms with van der Waals surface area (Å²) in [6.07, 6.45) is 12.1. The highest BCUT2D eigenvalue weighted by Gasteiger charge is 2.44. The van der Waals surface area contributed by atoms with Crippen molar-refractivity contribution in [1.29, 1.82) is 0 Å². The molecule has 0 radical (unpaired) electrons. The molecule has 2 saturated carbocycles. The first-order valence-corrected chi connectivity index (χ1v) is 6.08. The lowest BCUT2D eigenvalue weighted by molar-refractivity contribution is 0.299. The highest BCUT2D eigenvalue weighted by atomic mass is 14.8. The fourth-order valence-corrected chi connectivity index (χ4v) is 3.52. The summed E-state index contributed by atoms with van der Waals surface area (Å²) in [5.74, 6) is 0.973. The van der Waals surface area contributed by atoms with Crippen molar-refractivity contribution >= 4 is 0 Å². The van der Waals surface area contributed by atoms with Crippen molar-refractivity contribution in [3.63, 3.8) is 0 Å². The van der Waals surface area contributed by atoms with E-state index in [-0.39, 0.29) is 0 Å². The van der Waals surface area contributed by atoms with E-state index in [4.69, 9.17) is 4.98 Å². The third kappa shape index (κ3) is 1.47. The summed E-state index contributed by atoms with van der Waals surface area (Å²) < 4.78 is 0. The first-order chi connectivity index (χ1) is 7.28. The summed E-state index contributed by atoms with van der Waals surface area (Å²) >= 11 is 0. The number of aryl methyl sites for hydroxylation is 1. The molecule has 0 spiro atoms. The Balaban J connectivity index is 1.98. The van der Waals surface area contributed by atoms with E-state index >= 15 is 0 Å². The molecule has 15 heavy (non-hydrogen) atoms. The third-order valence-electron chi connectivity index (χ3n) is 4.28.